The van der Waals surface area contributed by atoms with Gasteiger partial charge < -0.3 is 9.84 Å². The molecule has 1 fully saturated rings. The van der Waals surface area contributed by atoms with Crippen LogP contribution in [0.2, 0.25) is 0 Å². The van der Waals surface area contributed by atoms with Gasteiger partial charge in [-0.15, -0.1) is 0 Å². The Hall–Kier alpha value is -1.61. The van der Waals surface area contributed by atoms with E-state index in [0.717, 1.165) is 30.8 Å². The molecule has 1 unspecified atom stereocenters. The van der Waals surface area contributed by atoms with E-state index in [9.17, 15) is 0 Å². The summed E-state index contributed by atoms with van der Waals surface area (Å²) >= 11 is 0. The summed E-state index contributed by atoms with van der Waals surface area (Å²) in [5, 5.41) is 7.33. The molecule has 3 nitrogen and oxygen atoms in total. The standard InChI is InChI=1S/C14H16N2O/c1-2-4-12(5-3-1)13-10-16-17-14(13)8-11-6-7-15-9-11/h1-5,10-11,15H,6-9H2. The van der Waals surface area contributed by atoms with Crippen molar-refractivity contribution in [3.05, 3.63) is 42.3 Å². The third-order valence-electron chi connectivity index (χ3n) is 3.37. The fourth-order valence-corrected chi connectivity index (χ4v) is 2.42. The van der Waals surface area contributed by atoms with Gasteiger partial charge in [-0.3, -0.25) is 0 Å². The lowest BCUT2D eigenvalue weighted by atomic mass is 9.98. The molecule has 0 radical (unpaired) electrons. The second-order valence-electron chi connectivity index (χ2n) is 4.59. The molecule has 3 heteroatoms. The van der Waals surface area contributed by atoms with Crippen LogP contribution in [-0.4, -0.2) is 18.2 Å². The maximum Gasteiger partial charge on any atom is 0.144 e. The van der Waals surface area contributed by atoms with Gasteiger partial charge in [0, 0.05) is 12.0 Å². The molecular weight excluding hydrogens is 212 g/mol. The van der Waals surface area contributed by atoms with Gasteiger partial charge in [-0.05, 0) is 31.0 Å². The minimum atomic E-state index is 0.686. The van der Waals surface area contributed by atoms with Gasteiger partial charge in [0.05, 0.1) is 6.20 Å². The van der Waals surface area contributed by atoms with Crippen LogP contribution in [-0.2, 0) is 6.42 Å². The first-order chi connectivity index (χ1) is 8.43. The predicted octanol–water partition coefficient (Wildman–Crippen LogP) is 2.49. The van der Waals surface area contributed by atoms with E-state index in [1.165, 1.54) is 12.0 Å². The number of hydrogen-bond acceptors (Lipinski definition) is 3. The topological polar surface area (TPSA) is 38.1 Å². The zero-order chi connectivity index (χ0) is 11.5. The Morgan fingerprint density at radius 1 is 1.29 bits per heavy atom. The lowest BCUT2D eigenvalue weighted by Gasteiger charge is -2.06. The highest BCUT2D eigenvalue weighted by Gasteiger charge is 2.19. The minimum Gasteiger partial charge on any atom is -0.361 e. The molecule has 2 heterocycles. The molecule has 0 aliphatic carbocycles. The largest absolute Gasteiger partial charge is 0.361 e. The Morgan fingerprint density at radius 3 is 2.94 bits per heavy atom. The monoisotopic (exact) mass is 228 g/mol. The molecule has 1 atom stereocenters. The van der Waals surface area contributed by atoms with Crippen molar-refractivity contribution in [2.24, 2.45) is 5.92 Å². The summed E-state index contributed by atoms with van der Waals surface area (Å²) < 4.78 is 5.40. The Morgan fingerprint density at radius 2 is 2.18 bits per heavy atom. The van der Waals surface area contributed by atoms with Crippen molar-refractivity contribution >= 4 is 0 Å². The Balaban J connectivity index is 1.84. The molecule has 1 N–H and O–H groups in total. The van der Waals surface area contributed by atoms with Gasteiger partial charge in [0.15, 0.2) is 0 Å². The van der Waals surface area contributed by atoms with E-state index >= 15 is 0 Å². The first-order valence-electron chi connectivity index (χ1n) is 6.13. The van der Waals surface area contributed by atoms with E-state index in [4.69, 9.17) is 4.52 Å². The molecule has 3 rings (SSSR count). The van der Waals surface area contributed by atoms with Gasteiger partial charge >= 0.3 is 0 Å². The van der Waals surface area contributed by atoms with Gasteiger partial charge in [0.25, 0.3) is 0 Å². The molecule has 1 aliphatic rings. The lowest BCUT2D eigenvalue weighted by Crippen LogP contribution is -2.10. The molecule has 1 aromatic carbocycles. The van der Waals surface area contributed by atoms with E-state index in [-0.39, 0.29) is 0 Å². The quantitative estimate of drug-likeness (QED) is 0.877. The second-order valence-corrected chi connectivity index (χ2v) is 4.59. The summed E-state index contributed by atoms with van der Waals surface area (Å²) in [6.07, 6.45) is 4.04. The SMILES string of the molecule is c1ccc(-c2cnoc2CC2CCNC2)cc1. The average Bonchev–Trinajstić information content (AvgIpc) is 3.02. The number of nitrogens with zero attached hydrogens (tertiary/aromatic N) is 1. The molecule has 17 heavy (non-hydrogen) atoms. The van der Waals surface area contributed by atoms with Crippen LogP contribution in [0.3, 0.4) is 0 Å². The Kier molecular flexibility index (Phi) is 2.92. The predicted molar refractivity (Wildman–Crippen MR) is 66.6 cm³/mol. The highest BCUT2D eigenvalue weighted by Crippen LogP contribution is 2.26. The third kappa shape index (κ3) is 2.24. The number of aromatic nitrogens is 1. The number of nitrogens with one attached hydrogen (secondary N) is 1. The molecule has 2 aromatic rings. The fourth-order valence-electron chi connectivity index (χ4n) is 2.42. The van der Waals surface area contributed by atoms with Gasteiger partial charge in [-0.2, -0.15) is 0 Å². The van der Waals surface area contributed by atoms with Crippen molar-refractivity contribution in [2.75, 3.05) is 13.1 Å². The summed E-state index contributed by atoms with van der Waals surface area (Å²) in [5.74, 6) is 1.70. The van der Waals surface area contributed by atoms with Crippen LogP contribution in [0.25, 0.3) is 11.1 Å². The van der Waals surface area contributed by atoms with Crippen LogP contribution < -0.4 is 5.32 Å². The van der Waals surface area contributed by atoms with Gasteiger partial charge in [0.1, 0.15) is 5.76 Å². The molecule has 0 amide bonds. The van der Waals surface area contributed by atoms with Crippen LogP contribution in [0.4, 0.5) is 0 Å². The van der Waals surface area contributed by atoms with Crippen LogP contribution in [0.5, 0.6) is 0 Å². The molecule has 88 valence electrons. The molecule has 1 aliphatic heterocycles. The molecule has 0 bridgehead atoms. The average molecular weight is 228 g/mol. The van der Waals surface area contributed by atoms with E-state index < -0.39 is 0 Å². The van der Waals surface area contributed by atoms with Gasteiger partial charge in [-0.1, -0.05) is 35.5 Å². The second kappa shape index (κ2) is 4.72. The van der Waals surface area contributed by atoms with Crippen molar-refractivity contribution in [3.8, 4) is 11.1 Å². The van der Waals surface area contributed by atoms with E-state index in [2.05, 4.69) is 22.6 Å². The van der Waals surface area contributed by atoms with E-state index in [1.807, 2.05) is 24.4 Å². The van der Waals surface area contributed by atoms with Crippen LogP contribution in [0.15, 0.2) is 41.1 Å². The highest BCUT2D eigenvalue weighted by molar-refractivity contribution is 5.64. The summed E-state index contributed by atoms with van der Waals surface area (Å²) in [4.78, 5) is 0. The molecule has 0 saturated carbocycles. The maximum absolute atomic E-state index is 5.40. The first kappa shape index (κ1) is 10.5. The molecule has 0 spiro atoms. The van der Waals surface area contributed by atoms with Crippen LogP contribution >= 0.6 is 0 Å². The normalized spacial score (nSPS) is 19.6. The van der Waals surface area contributed by atoms with Crippen molar-refractivity contribution < 1.29 is 4.52 Å². The zero-order valence-corrected chi connectivity index (χ0v) is 9.73. The number of benzene rings is 1. The molecule has 1 saturated heterocycles. The van der Waals surface area contributed by atoms with Crippen molar-refractivity contribution in [3.63, 3.8) is 0 Å². The third-order valence-corrected chi connectivity index (χ3v) is 3.37. The highest BCUT2D eigenvalue weighted by atomic mass is 16.5. The van der Waals surface area contributed by atoms with Crippen molar-refractivity contribution in [2.45, 2.75) is 12.8 Å². The van der Waals surface area contributed by atoms with Crippen molar-refractivity contribution in [1.82, 2.24) is 10.5 Å². The molecular formula is C14H16N2O. The lowest BCUT2D eigenvalue weighted by molar-refractivity contribution is 0.364. The number of hydrogen-bond donors (Lipinski definition) is 1. The van der Waals surface area contributed by atoms with Gasteiger partial charge in [-0.25, -0.2) is 0 Å². The van der Waals surface area contributed by atoms with E-state index in [1.54, 1.807) is 0 Å². The summed E-state index contributed by atoms with van der Waals surface area (Å²) in [5.41, 5.74) is 2.33. The Bertz CT molecular complexity index is 472. The van der Waals surface area contributed by atoms with E-state index in [0.29, 0.717) is 5.92 Å². The summed E-state index contributed by atoms with van der Waals surface area (Å²) in [7, 11) is 0. The number of rotatable bonds is 3. The fraction of sp³-hybridized carbons (Fsp3) is 0.357. The van der Waals surface area contributed by atoms with Crippen LogP contribution in [0.1, 0.15) is 12.2 Å². The molecule has 1 aromatic heterocycles. The van der Waals surface area contributed by atoms with Crippen molar-refractivity contribution in [1.29, 1.82) is 0 Å². The Labute approximate surface area is 101 Å². The summed E-state index contributed by atoms with van der Waals surface area (Å²) in [6, 6.07) is 10.3. The summed E-state index contributed by atoms with van der Waals surface area (Å²) in [6.45, 7) is 2.22. The maximum atomic E-state index is 5.40. The zero-order valence-electron chi connectivity index (χ0n) is 9.73. The first-order valence-corrected chi connectivity index (χ1v) is 6.13. The minimum absolute atomic E-state index is 0.686. The van der Waals surface area contributed by atoms with Crippen LogP contribution in [0, 0.1) is 5.92 Å². The smallest absolute Gasteiger partial charge is 0.144 e. The van der Waals surface area contributed by atoms with Gasteiger partial charge in [0.2, 0.25) is 0 Å².